The smallest absolute Gasteiger partial charge is 0.226 e. The molecule has 1 aromatic heterocycles. The summed E-state index contributed by atoms with van der Waals surface area (Å²) in [5, 5.41) is 8.80. The number of allylic oxidation sites excluding steroid dienone is 2. The number of carbonyl (C=O) groups excluding carboxylic acids is 1. The zero-order valence-corrected chi connectivity index (χ0v) is 14.2. The molecule has 3 aliphatic carbocycles. The standard InChI is InChI=1S/C19H26N4O/c24-19(16-12-13-3-5-14(16)6-4-13)22-10-7-15(8-11-22)18-21-20-17-2-1-9-23(17)18/h3,5,13-16H,1-2,4,6-12H2/t13-,14+,16-/m1/s1. The van der Waals surface area contributed by atoms with Gasteiger partial charge in [0.15, 0.2) is 0 Å². The Morgan fingerprint density at radius 2 is 1.92 bits per heavy atom. The van der Waals surface area contributed by atoms with Crippen LogP contribution in [0.5, 0.6) is 0 Å². The van der Waals surface area contributed by atoms with Crippen LogP contribution in [-0.4, -0.2) is 38.7 Å². The van der Waals surface area contributed by atoms with Gasteiger partial charge in [0.2, 0.25) is 5.91 Å². The Labute approximate surface area is 143 Å². The average Bonchev–Trinajstić information content (AvgIpc) is 3.26. The predicted molar refractivity (Wildman–Crippen MR) is 90.4 cm³/mol. The summed E-state index contributed by atoms with van der Waals surface area (Å²) in [5.41, 5.74) is 0. The Morgan fingerprint density at radius 1 is 1.04 bits per heavy atom. The molecule has 1 aromatic rings. The molecule has 3 atom stereocenters. The second-order valence-corrected chi connectivity index (χ2v) is 8.06. The molecule has 0 aromatic carbocycles. The van der Waals surface area contributed by atoms with E-state index in [1.165, 1.54) is 25.1 Å². The number of hydrogen-bond donors (Lipinski definition) is 0. The van der Waals surface area contributed by atoms with Crippen molar-refractivity contribution in [3.8, 4) is 0 Å². The molecule has 6 rings (SSSR count). The van der Waals surface area contributed by atoms with E-state index in [-0.39, 0.29) is 5.92 Å². The van der Waals surface area contributed by atoms with Gasteiger partial charge in [-0.05, 0) is 50.4 Å². The van der Waals surface area contributed by atoms with Crippen molar-refractivity contribution in [2.75, 3.05) is 13.1 Å². The highest BCUT2D eigenvalue weighted by atomic mass is 16.2. The zero-order valence-electron chi connectivity index (χ0n) is 14.2. The van der Waals surface area contributed by atoms with E-state index in [4.69, 9.17) is 0 Å². The Hall–Kier alpha value is -1.65. The normalized spacial score (nSPS) is 32.3. The second-order valence-electron chi connectivity index (χ2n) is 8.06. The molecule has 128 valence electrons. The largest absolute Gasteiger partial charge is 0.342 e. The summed E-state index contributed by atoms with van der Waals surface area (Å²) in [4.78, 5) is 15.1. The lowest BCUT2D eigenvalue weighted by atomic mass is 9.68. The quantitative estimate of drug-likeness (QED) is 0.785. The van der Waals surface area contributed by atoms with Crippen molar-refractivity contribution < 1.29 is 4.79 Å². The molecular formula is C19H26N4O. The Morgan fingerprint density at radius 3 is 2.62 bits per heavy atom. The molecule has 1 saturated carbocycles. The lowest BCUT2D eigenvalue weighted by molar-refractivity contribution is -0.139. The number of likely N-dealkylation sites (tertiary alicyclic amines) is 1. The molecule has 1 saturated heterocycles. The topological polar surface area (TPSA) is 51.0 Å². The summed E-state index contributed by atoms with van der Waals surface area (Å²) in [6.07, 6.45) is 12.6. The molecule has 5 heteroatoms. The van der Waals surface area contributed by atoms with Gasteiger partial charge in [0.1, 0.15) is 11.6 Å². The molecule has 0 radical (unpaired) electrons. The van der Waals surface area contributed by atoms with Crippen LogP contribution >= 0.6 is 0 Å². The molecule has 0 spiro atoms. The van der Waals surface area contributed by atoms with Gasteiger partial charge in [-0.25, -0.2) is 0 Å². The fourth-order valence-electron chi connectivity index (χ4n) is 5.28. The number of fused-ring (bicyclic) bond motifs is 3. The monoisotopic (exact) mass is 326 g/mol. The minimum Gasteiger partial charge on any atom is -0.342 e. The van der Waals surface area contributed by atoms with Crippen LogP contribution in [0.3, 0.4) is 0 Å². The first-order chi connectivity index (χ1) is 11.8. The maximum atomic E-state index is 13.0. The Bertz CT molecular complexity index is 671. The van der Waals surface area contributed by atoms with Crippen molar-refractivity contribution >= 4 is 5.91 Å². The molecular weight excluding hydrogens is 300 g/mol. The molecule has 1 amide bonds. The summed E-state index contributed by atoms with van der Waals surface area (Å²) in [7, 11) is 0. The van der Waals surface area contributed by atoms with Crippen LogP contribution in [0.25, 0.3) is 0 Å². The third-order valence-corrected chi connectivity index (χ3v) is 6.70. The third kappa shape index (κ3) is 2.32. The van der Waals surface area contributed by atoms with Crippen LogP contribution in [0.4, 0.5) is 0 Å². The number of piperidine rings is 1. The van der Waals surface area contributed by atoms with Crippen LogP contribution in [0, 0.1) is 17.8 Å². The summed E-state index contributed by atoms with van der Waals surface area (Å²) in [5.74, 6) is 4.64. The van der Waals surface area contributed by atoms with Crippen molar-refractivity contribution in [1.29, 1.82) is 0 Å². The highest BCUT2D eigenvalue weighted by Crippen LogP contribution is 2.41. The van der Waals surface area contributed by atoms with Crippen LogP contribution in [0.1, 0.15) is 56.1 Å². The average molecular weight is 326 g/mol. The minimum atomic E-state index is 0.252. The van der Waals surface area contributed by atoms with Gasteiger partial charge in [-0.15, -0.1) is 10.2 Å². The molecule has 0 unspecified atom stereocenters. The first kappa shape index (κ1) is 14.7. The van der Waals surface area contributed by atoms with Gasteiger partial charge in [-0.1, -0.05) is 12.2 Å². The zero-order chi connectivity index (χ0) is 16.1. The highest BCUT2D eigenvalue weighted by molar-refractivity contribution is 5.80. The maximum absolute atomic E-state index is 13.0. The summed E-state index contributed by atoms with van der Waals surface area (Å²) < 4.78 is 2.33. The van der Waals surface area contributed by atoms with Gasteiger partial charge < -0.3 is 9.47 Å². The van der Waals surface area contributed by atoms with Gasteiger partial charge in [-0.3, -0.25) is 4.79 Å². The first-order valence-electron chi connectivity index (χ1n) is 9.68. The number of nitrogens with zero attached hydrogens (tertiary/aromatic N) is 4. The molecule has 3 heterocycles. The fraction of sp³-hybridized carbons (Fsp3) is 0.737. The van der Waals surface area contributed by atoms with Crippen molar-refractivity contribution in [2.45, 2.75) is 57.4 Å². The molecule has 5 aliphatic rings. The predicted octanol–water partition coefficient (Wildman–Crippen LogP) is 2.53. The SMILES string of the molecule is O=C([C@@H]1C[C@@H]2C=C[C@H]1CC2)N1CCC(c2nnc3n2CCC3)CC1. The van der Waals surface area contributed by atoms with Gasteiger partial charge in [0.05, 0.1) is 0 Å². The molecule has 24 heavy (non-hydrogen) atoms. The van der Waals surface area contributed by atoms with E-state index in [9.17, 15) is 4.79 Å². The number of aromatic nitrogens is 3. The van der Waals surface area contributed by atoms with Crippen molar-refractivity contribution in [2.24, 2.45) is 17.8 Å². The van der Waals surface area contributed by atoms with E-state index in [1.54, 1.807) is 0 Å². The number of amides is 1. The summed E-state index contributed by atoms with van der Waals surface area (Å²) >= 11 is 0. The maximum Gasteiger partial charge on any atom is 0.226 e. The fourth-order valence-corrected chi connectivity index (χ4v) is 5.28. The Kier molecular flexibility index (Phi) is 3.49. The number of aryl methyl sites for hydroxylation is 1. The van der Waals surface area contributed by atoms with Gasteiger partial charge in [0, 0.05) is 37.9 Å². The lowest BCUT2D eigenvalue weighted by Gasteiger charge is -2.41. The lowest BCUT2D eigenvalue weighted by Crippen LogP contribution is -2.45. The second kappa shape index (κ2) is 5.71. The number of hydrogen-bond acceptors (Lipinski definition) is 3. The molecule has 0 N–H and O–H groups in total. The Balaban J connectivity index is 1.24. The summed E-state index contributed by atoms with van der Waals surface area (Å²) in [6.45, 7) is 2.86. The van der Waals surface area contributed by atoms with Gasteiger partial charge in [0.25, 0.3) is 0 Å². The number of rotatable bonds is 2. The molecule has 2 bridgehead atoms. The summed E-state index contributed by atoms with van der Waals surface area (Å²) in [6, 6.07) is 0. The van der Waals surface area contributed by atoms with Crippen molar-refractivity contribution in [3.05, 3.63) is 23.8 Å². The molecule has 2 fully saturated rings. The van der Waals surface area contributed by atoms with E-state index < -0.39 is 0 Å². The van der Waals surface area contributed by atoms with E-state index >= 15 is 0 Å². The van der Waals surface area contributed by atoms with Gasteiger partial charge in [-0.2, -0.15) is 0 Å². The highest BCUT2D eigenvalue weighted by Gasteiger charge is 2.39. The number of carbonyl (C=O) groups is 1. The first-order valence-corrected chi connectivity index (χ1v) is 9.68. The van der Waals surface area contributed by atoms with Crippen molar-refractivity contribution in [1.82, 2.24) is 19.7 Å². The van der Waals surface area contributed by atoms with E-state index in [0.29, 0.717) is 23.7 Å². The van der Waals surface area contributed by atoms with Crippen molar-refractivity contribution in [3.63, 3.8) is 0 Å². The third-order valence-electron chi connectivity index (χ3n) is 6.70. The van der Waals surface area contributed by atoms with Gasteiger partial charge >= 0.3 is 0 Å². The molecule has 2 aliphatic heterocycles. The minimum absolute atomic E-state index is 0.252. The van der Waals surface area contributed by atoms with Crippen LogP contribution < -0.4 is 0 Å². The molecule has 5 nitrogen and oxygen atoms in total. The van der Waals surface area contributed by atoms with E-state index in [2.05, 4.69) is 31.8 Å². The van der Waals surface area contributed by atoms with E-state index in [0.717, 1.165) is 51.1 Å². The van der Waals surface area contributed by atoms with Crippen LogP contribution in [0.2, 0.25) is 0 Å². The van der Waals surface area contributed by atoms with Crippen LogP contribution in [-0.2, 0) is 17.8 Å². The van der Waals surface area contributed by atoms with Crippen LogP contribution in [0.15, 0.2) is 12.2 Å². The van der Waals surface area contributed by atoms with E-state index in [1.807, 2.05) is 0 Å².